The van der Waals surface area contributed by atoms with Crippen molar-refractivity contribution in [1.29, 1.82) is 0 Å². The van der Waals surface area contributed by atoms with Gasteiger partial charge in [0, 0.05) is 25.7 Å². The van der Waals surface area contributed by atoms with Gasteiger partial charge in [0.15, 0.2) is 0 Å². The molecule has 5 nitrogen and oxygen atoms in total. The van der Waals surface area contributed by atoms with Crippen molar-refractivity contribution in [2.75, 3.05) is 26.7 Å². The highest BCUT2D eigenvalue weighted by Gasteiger charge is 2.22. The Bertz CT molecular complexity index is 239. The molecular weight excluding hydrogens is 232 g/mol. The van der Waals surface area contributed by atoms with Gasteiger partial charge in [-0.3, -0.25) is 0 Å². The van der Waals surface area contributed by atoms with Crippen molar-refractivity contribution in [1.82, 2.24) is 10.2 Å². The molecule has 0 spiro atoms. The van der Waals surface area contributed by atoms with Crippen LogP contribution in [-0.2, 0) is 4.74 Å². The van der Waals surface area contributed by atoms with Crippen molar-refractivity contribution in [3.8, 4) is 0 Å². The lowest BCUT2D eigenvalue weighted by Crippen LogP contribution is -2.44. The number of aliphatic hydroxyl groups excluding tert-OH is 1. The summed E-state index contributed by atoms with van der Waals surface area (Å²) in [4.78, 5) is 13.7. The minimum Gasteiger partial charge on any atom is -0.444 e. The van der Waals surface area contributed by atoms with Gasteiger partial charge in [0.2, 0.25) is 0 Å². The Balaban J connectivity index is 4.39. The standard InChI is InChI=1S/C13H28N2O3/c1-11(14-5)10-15(8-6-7-9-16)12(17)18-13(2,3)4/h11,14,16H,6-10H2,1-5H3/t11-/m1/s1. The van der Waals surface area contributed by atoms with Crippen molar-refractivity contribution >= 4 is 6.09 Å². The molecule has 0 aliphatic rings. The molecule has 1 amide bonds. The highest BCUT2D eigenvalue weighted by molar-refractivity contribution is 5.68. The number of unbranched alkanes of at least 4 members (excludes halogenated alkanes) is 1. The summed E-state index contributed by atoms with van der Waals surface area (Å²) in [5, 5.41) is 11.9. The zero-order chi connectivity index (χ0) is 14.2. The second kappa shape index (κ2) is 8.32. The van der Waals surface area contributed by atoms with E-state index in [0.29, 0.717) is 19.5 Å². The van der Waals surface area contributed by atoms with Crippen LogP contribution in [-0.4, -0.2) is 54.5 Å². The zero-order valence-corrected chi connectivity index (χ0v) is 12.3. The molecule has 5 heteroatoms. The molecule has 0 radical (unpaired) electrons. The number of aliphatic hydroxyl groups is 1. The minimum absolute atomic E-state index is 0.156. The third kappa shape index (κ3) is 8.31. The van der Waals surface area contributed by atoms with E-state index in [1.165, 1.54) is 0 Å². The number of hydrogen-bond acceptors (Lipinski definition) is 4. The third-order valence-electron chi connectivity index (χ3n) is 2.47. The molecule has 0 heterocycles. The van der Waals surface area contributed by atoms with Crippen LogP contribution in [0.3, 0.4) is 0 Å². The fraction of sp³-hybridized carbons (Fsp3) is 0.923. The Labute approximate surface area is 110 Å². The van der Waals surface area contributed by atoms with E-state index >= 15 is 0 Å². The Kier molecular flexibility index (Phi) is 7.95. The molecule has 0 saturated heterocycles. The molecule has 0 aromatic heterocycles. The molecule has 2 N–H and O–H groups in total. The Hall–Kier alpha value is -0.810. The number of carbonyl (C=O) groups excluding carboxylic acids is 1. The van der Waals surface area contributed by atoms with E-state index in [-0.39, 0.29) is 18.7 Å². The quantitative estimate of drug-likeness (QED) is 0.683. The number of carbonyl (C=O) groups is 1. The second-order valence-corrected chi connectivity index (χ2v) is 5.55. The minimum atomic E-state index is -0.477. The van der Waals surface area contributed by atoms with Gasteiger partial charge in [0.05, 0.1) is 0 Å². The van der Waals surface area contributed by atoms with Crippen molar-refractivity contribution in [3.05, 3.63) is 0 Å². The smallest absolute Gasteiger partial charge is 0.410 e. The second-order valence-electron chi connectivity index (χ2n) is 5.55. The number of rotatable bonds is 7. The Morgan fingerprint density at radius 2 is 2.00 bits per heavy atom. The van der Waals surface area contributed by atoms with Gasteiger partial charge in [-0.1, -0.05) is 0 Å². The summed E-state index contributed by atoms with van der Waals surface area (Å²) in [5.41, 5.74) is -0.477. The van der Waals surface area contributed by atoms with E-state index in [1.807, 2.05) is 34.7 Å². The highest BCUT2D eigenvalue weighted by atomic mass is 16.6. The average molecular weight is 260 g/mol. The number of likely N-dealkylation sites (N-methyl/N-ethyl adjacent to an activating group) is 1. The van der Waals surface area contributed by atoms with Gasteiger partial charge >= 0.3 is 6.09 Å². The lowest BCUT2D eigenvalue weighted by molar-refractivity contribution is 0.0231. The van der Waals surface area contributed by atoms with E-state index < -0.39 is 5.60 Å². The van der Waals surface area contributed by atoms with Crippen LogP contribution in [0.15, 0.2) is 0 Å². The van der Waals surface area contributed by atoms with E-state index in [0.717, 1.165) is 6.42 Å². The van der Waals surface area contributed by atoms with Crippen LogP contribution < -0.4 is 5.32 Å². The van der Waals surface area contributed by atoms with E-state index in [2.05, 4.69) is 5.32 Å². The van der Waals surface area contributed by atoms with Gasteiger partial charge in [-0.05, 0) is 47.6 Å². The summed E-state index contributed by atoms with van der Waals surface area (Å²) in [5.74, 6) is 0. The Morgan fingerprint density at radius 3 is 2.44 bits per heavy atom. The zero-order valence-electron chi connectivity index (χ0n) is 12.3. The van der Waals surface area contributed by atoms with Crippen LogP contribution in [0.1, 0.15) is 40.5 Å². The predicted octanol–water partition coefficient (Wildman–Crippen LogP) is 1.60. The largest absolute Gasteiger partial charge is 0.444 e. The first-order valence-electron chi connectivity index (χ1n) is 6.56. The normalized spacial score (nSPS) is 13.2. The summed E-state index contributed by atoms with van der Waals surface area (Å²) in [6.07, 6.45) is 1.20. The van der Waals surface area contributed by atoms with Gasteiger partial charge in [0.25, 0.3) is 0 Å². The molecule has 0 unspecified atom stereocenters. The van der Waals surface area contributed by atoms with Crippen LogP contribution in [0, 0.1) is 0 Å². The van der Waals surface area contributed by atoms with Gasteiger partial charge in [0.1, 0.15) is 5.60 Å². The molecular formula is C13H28N2O3. The first-order valence-corrected chi connectivity index (χ1v) is 6.56. The summed E-state index contributed by atoms with van der Waals surface area (Å²) in [7, 11) is 1.87. The highest BCUT2D eigenvalue weighted by Crippen LogP contribution is 2.11. The van der Waals surface area contributed by atoms with E-state index in [1.54, 1.807) is 4.90 Å². The molecule has 0 bridgehead atoms. The first kappa shape index (κ1) is 17.2. The third-order valence-corrected chi connectivity index (χ3v) is 2.47. The maximum atomic E-state index is 12.0. The molecule has 0 aromatic carbocycles. The van der Waals surface area contributed by atoms with Crippen molar-refractivity contribution in [2.24, 2.45) is 0 Å². The monoisotopic (exact) mass is 260 g/mol. The van der Waals surface area contributed by atoms with Crippen molar-refractivity contribution < 1.29 is 14.6 Å². The summed E-state index contributed by atoms with van der Waals surface area (Å²) < 4.78 is 5.37. The molecule has 0 aromatic rings. The number of ether oxygens (including phenoxy) is 1. The van der Waals surface area contributed by atoms with Crippen LogP contribution in [0.4, 0.5) is 4.79 Å². The lowest BCUT2D eigenvalue weighted by Gasteiger charge is -2.29. The van der Waals surface area contributed by atoms with Gasteiger partial charge in [-0.15, -0.1) is 0 Å². The summed E-state index contributed by atoms with van der Waals surface area (Å²) >= 11 is 0. The molecule has 108 valence electrons. The predicted molar refractivity (Wildman–Crippen MR) is 72.6 cm³/mol. The van der Waals surface area contributed by atoms with Crippen LogP contribution in [0.25, 0.3) is 0 Å². The summed E-state index contributed by atoms with van der Waals surface area (Å²) in [6.45, 7) is 8.97. The molecule has 0 fully saturated rings. The molecule has 18 heavy (non-hydrogen) atoms. The molecule has 0 saturated carbocycles. The number of nitrogens with zero attached hydrogens (tertiary/aromatic N) is 1. The van der Waals surface area contributed by atoms with Gasteiger partial charge in [-0.25, -0.2) is 4.79 Å². The molecule has 0 aliphatic heterocycles. The number of hydrogen-bond donors (Lipinski definition) is 2. The van der Waals surface area contributed by atoms with E-state index in [9.17, 15) is 4.79 Å². The SMILES string of the molecule is CN[C@H](C)CN(CCCCO)C(=O)OC(C)(C)C. The maximum Gasteiger partial charge on any atom is 0.410 e. The topological polar surface area (TPSA) is 61.8 Å². The van der Waals surface area contributed by atoms with Gasteiger partial charge in [-0.2, -0.15) is 0 Å². The molecule has 0 aliphatic carbocycles. The van der Waals surface area contributed by atoms with Gasteiger partial charge < -0.3 is 20.1 Å². The van der Waals surface area contributed by atoms with Crippen LogP contribution in [0.5, 0.6) is 0 Å². The average Bonchev–Trinajstić information content (AvgIpc) is 2.25. The fourth-order valence-corrected chi connectivity index (χ4v) is 1.42. The van der Waals surface area contributed by atoms with Crippen LogP contribution >= 0.6 is 0 Å². The maximum absolute atomic E-state index is 12.0. The first-order chi connectivity index (χ1) is 8.30. The molecule has 0 rings (SSSR count). The molecule has 1 atom stereocenters. The van der Waals surface area contributed by atoms with Crippen LogP contribution in [0.2, 0.25) is 0 Å². The fourth-order valence-electron chi connectivity index (χ4n) is 1.42. The lowest BCUT2D eigenvalue weighted by atomic mass is 10.2. The Morgan fingerprint density at radius 1 is 1.39 bits per heavy atom. The number of nitrogens with one attached hydrogen (secondary N) is 1. The van der Waals surface area contributed by atoms with E-state index in [4.69, 9.17) is 9.84 Å². The summed E-state index contributed by atoms with van der Waals surface area (Å²) in [6, 6.07) is 0.214. The van der Waals surface area contributed by atoms with Crippen molar-refractivity contribution in [3.63, 3.8) is 0 Å². The number of amides is 1. The van der Waals surface area contributed by atoms with Crippen molar-refractivity contribution in [2.45, 2.75) is 52.2 Å².